The van der Waals surface area contributed by atoms with Crippen LogP contribution in [0.5, 0.6) is 0 Å². The fourth-order valence-electron chi connectivity index (χ4n) is 3.72. The molecule has 0 amide bonds. The van der Waals surface area contributed by atoms with Gasteiger partial charge < -0.3 is 0 Å². The van der Waals surface area contributed by atoms with Crippen molar-refractivity contribution in [2.24, 2.45) is 0 Å². The van der Waals surface area contributed by atoms with Crippen LogP contribution in [0.4, 0.5) is 0 Å². The standard InChI is InChI=1S/C18H30N6/c1-3-17-15-22(12-14-24-10-6-8-20-24)18(4-2)16-21(17)11-13-23-9-5-7-19-23/h5-10,17-18H,3-4,11-16H2,1-2H3/t17-,18-/m1/s1. The lowest BCUT2D eigenvalue weighted by Crippen LogP contribution is -2.58. The van der Waals surface area contributed by atoms with Crippen LogP contribution < -0.4 is 0 Å². The van der Waals surface area contributed by atoms with Gasteiger partial charge in [-0.15, -0.1) is 0 Å². The Hall–Kier alpha value is -1.66. The molecule has 132 valence electrons. The predicted molar refractivity (Wildman–Crippen MR) is 95.8 cm³/mol. The zero-order chi connectivity index (χ0) is 16.8. The highest BCUT2D eigenvalue weighted by atomic mass is 15.3. The third-order valence-electron chi connectivity index (χ3n) is 5.22. The van der Waals surface area contributed by atoms with E-state index < -0.39 is 0 Å². The van der Waals surface area contributed by atoms with Gasteiger partial charge in [0.25, 0.3) is 0 Å². The van der Waals surface area contributed by atoms with E-state index in [9.17, 15) is 0 Å². The molecule has 6 nitrogen and oxygen atoms in total. The molecule has 1 aliphatic heterocycles. The van der Waals surface area contributed by atoms with E-state index in [2.05, 4.69) is 46.2 Å². The van der Waals surface area contributed by atoms with Gasteiger partial charge in [-0.2, -0.15) is 10.2 Å². The Labute approximate surface area is 145 Å². The van der Waals surface area contributed by atoms with Crippen molar-refractivity contribution in [2.45, 2.75) is 51.9 Å². The van der Waals surface area contributed by atoms with Gasteiger partial charge in [0.15, 0.2) is 0 Å². The molecule has 24 heavy (non-hydrogen) atoms. The molecule has 3 rings (SSSR count). The lowest BCUT2D eigenvalue weighted by molar-refractivity contribution is 0.0200. The molecule has 3 heterocycles. The van der Waals surface area contributed by atoms with Crippen molar-refractivity contribution in [1.29, 1.82) is 0 Å². The maximum atomic E-state index is 4.33. The second kappa shape index (κ2) is 8.44. The molecule has 0 aromatic carbocycles. The van der Waals surface area contributed by atoms with E-state index in [-0.39, 0.29) is 0 Å². The quantitative estimate of drug-likeness (QED) is 0.742. The van der Waals surface area contributed by atoms with Gasteiger partial charge in [-0.1, -0.05) is 13.8 Å². The molecule has 0 bridgehead atoms. The molecule has 0 N–H and O–H groups in total. The summed E-state index contributed by atoms with van der Waals surface area (Å²) in [6, 6.07) is 5.28. The molecule has 1 saturated heterocycles. The summed E-state index contributed by atoms with van der Waals surface area (Å²) >= 11 is 0. The maximum Gasteiger partial charge on any atom is 0.0536 e. The minimum Gasteiger partial charge on any atom is -0.296 e. The Kier molecular flexibility index (Phi) is 6.04. The van der Waals surface area contributed by atoms with E-state index in [1.807, 2.05) is 33.9 Å². The highest BCUT2D eigenvalue weighted by molar-refractivity contribution is 4.88. The Morgan fingerprint density at radius 1 is 0.750 bits per heavy atom. The van der Waals surface area contributed by atoms with Gasteiger partial charge in [-0.3, -0.25) is 19.2 Å². The van der Waals surface area contributed by atoms with Crippen LogP contribution in [0.1, 0.15) is 26.7 Å². The lowest BCUT2D eigenvalue weighted by atomic mass is 10.0. The number of nitrogens with zero attached hydrogens (tertiary/aromatic N) is 6. The fraction of sp³-hybridized carbons (Fsp3) is 0.667. The van der Waals surface area contributed by atoms with Crippen LogP contribution in [0.15, 0.2) is 36.9 Å². The molecule has 6 heteroatoms. The van der Waals surface area contributed by atoms with Crippen LogP contribution in [0.25, 0.3) is 0 Å². The highest BCUT2D eigenvalue weighted by Crippen LogP contribution is 2.19. The van der Waals surface area contributed by atoms with Crippen molar-refractivity contribution >= 4 is 0 Å². The second-order valence-electron chi connectivity index (χ2n) is 6.65. The van der Waals surface area contributed by atoms with Gasteiger partial charge in [0.1, 0.15) is 0 Å². The Morgan fingerprint density at radius 3 is 1.54 bits per heavy atom. The van der Waals surface area contributed by atoms with E-state index in [0.29, 0.717) is 12.1 Å². The molecule has 2 atom stereocenters. The average Bonchev–Trinajstić information content (AvgIpc) is 3.31. The molecule has 2 aromatic heterocycles. The molecule has 2 aromatic rings. The maximum absolute atomic E-state index is 4.33. The first-order valence-corrected chi connectivity index (χ1v) is 9.23. The van der Waals surface area contributed by atoms with Gasteiger partial charge in [0.2, 0.25) is 0 Å². The first-order chi connectivity index (χ1) is 11.8. The van der Waals surface area contributed by atoms with Crippen molar-refractivity contribution < 1.29 is 0 Å². The molecular weight excluding hydrogens is 300 g/mol. The van der Waals surface area contributed by atoms with Crippen LogP contribution >= 0.6 is 0 Å². The van der Waals surface area contributed by atoms with Crippen LogP contribution in [0, 0.1) is 0 Å². The van der Waals surface area contributed by atoms with Crippen LogP contribution in [0.2, 0.25) is 0 Å². The monoisotopic (exact) mass is 330 g/mol. The van der Waals surface area contributed by atoms with Crippen LogP contribution in [-0.2, 0) is 13.1 Å². The summed E-state index contributed by atoms with van der Waals surface area (Å²) in [6.45, 7) is 11.1. The van der Waals surface area contributed by atoms with E-state index in [4.69, 9.17) is 0 Å². The fourth-order valence-corrected chi connectivity index (χ4v) is 3.72. The first-order valence-electron chi connectivity index (χ1n) is 9.23. The second-order valence-corrected chi connectivity index (χ2v) is 6.65. The van der Waals surface area contributed by atoms with Crippen LogP contribution in [-0.4, -0.2) is 67.6 Å². The number of rotatable bonds is 8. The smallest absolute Gasteiger partial charge is 0.0536 e. The van der Waals surface area contributed by atoms with Crippen molar-refractivity contribution in [3.63, 3.8) is 0 Å². The minimum absolute atomic E-state index is 0.640. The number of aromatic nitrogens is 4. The summed E-state index contributed by atoms with van der Waals surface area (Å²) in [5, 5.41) is 8.67. The van der Waals surface area contributed by atoms with Crippen LogP contribution in [0.3, 0.4) is 0 Å². The van der Waals surface area contributed by atoms with Crippen molar-refractivity contribution in [3.05, 3.63) is 36.9 Å². The van der Waals surface area contributed by atoms with Gasteiger partial charge in [0, 0.05) is 63.1 Å². The molecule has 0 aliphatic carbocycles. The number of hydrogen-bond acceptors (Lipinski definition) is 4. The summed E-state index contributed by atoms with van der Waals surface area (Å²) in [7, 11) is 0. The van der Waals surface area contributed by atoms with E-state index in [1.165, 1.54) is 12.8 Å². The first kappa shape index (κ1) is 17.2. The summed E-state index contributed by atoms with van der Waals surface area (Å²) in [6.07, 6.45) is 10.2. The molecule has 0 radical (unpaired) electrons. The Morgan fingerprint density at radius 2 is 1.21 bits per heavy atom. The molecular formula is C18H30N6. The summed E-state index contributed by atoms with van der Waals surface area (Å²) in [5.41, 5.74) is 0. The van der Waals surface area contributed by atoms with E-state index >= 15 is 0 Å². The molecule has 0 spiro atoms. The Balaban J connectivity index is 1.56. The van der Waals surface area contributed by atoms with Gasteiger partial charge in [-0.25, -0.2) is 0 Å². The third-order valence-corrected chi connectivity index (χ3v) is 5.22. The average molecular weight is 330 g/mol. The lowest BCUT2D eigenvalue weighted by Gasteiger charge is -2.46. The molecule has 0 unspecified atom stereocenters. The SMILES string of the molecule is CC[C@@H]1CN(CCn2cccn2)[C@H](CC)CN1CCn1cccn1. The van der Waals surface area contributed by atoms with Crippen molar-refractivity contribution in [2.75, 3.05) is 26.2 Å². The van der Waals surface area contributed by atoms with Crippen molar-refractivity contribution in [3.8, 4) is 0 Å². The highest BCUT2D eigenvalue weighted by Gasteiger charge is 2.31. The summed E-state index contributed by atoms with van der Waals surface area (Å²) in [4.78, 5) is 5.33. The molecule has 1 fully saturated rings. The zero-order valence-electron chi connectivity index (χ0n) is 15.0. The minimum atomic E-state index is 0.640. The zero-order valence-corrected chi connectivity index (χ0v) is 15.0. The Bertz CT molecular complexity index is 512. The molecule has 1 aliphatic rings. The normalized spacial score (nSPS) is 22.9. The summed E-state index contributed by atoms with van der Waals surface area (Å²) in [5.74, 6) is 0. The number of hydrogen-bond donors (Lipinski definition) is 0. The summed E-state index contributed by atoms with van der Waals surface area (Å²) < 4.78 is 4.08. The largest absolute Gasteiger partial charge is 0.296 e. The predicted octanol–water partition coefficient (Wildman–Crippen LogP) is 1.95. The van der Waals surface area contributed by atoms with Crippen molar-refractivity contribution in [1.82, 2.24) is 29.4 Å². The topological polar surface area (TPSA) is 42.1 Å². The number of piperazine rings is 1. The molecule has 0 saturated carbocycles. The van der Waals surface area contributed by atoms with E-state index in [0.717, 1.165) is 39.3 Å². The van der Waals surface area contributed by atoms with E-state index in [1.54, 1.807) is 0 Å². The van der Waals surface area contributed by atoms with Gasteiger partial charge >= 0.3 is 0 Å². The van der Waals surface area contributed by atoms with Gasteiger partial charge in [-0.05, 0) is 25.0 Å². The van der Waals surface area contributed by atoms with Gasteiger partial charge in [0.05, 0.1) is 13.1 Å². The third kappa shape index (κ3) is 4.24.